The highest BCUT2D eigenvalue weighted by molar-refractivity contribution is 5.93. The van der Waals surface area contributed by atoms with Crippen molar-refractivity contribution in [3.8, 4) is 11.5 Å². The molecule has 7 heteroatoms. The van der Waals surface area contributed by atoms with Gasteiger partial charge in [0.05, 0.1) is 26.3 Å². The Morgan fingerprint density at radius 1 is 1.14 bits per heavy atom. The van der Waals surface area contributed by atoms with E-state index in [4.69, 9.17) is 15.2 Å². The highest BCUT2D eigenvalue weighted by Gasteiger charge is 2.17. The Hall–Kier alpha value is -3.19. The summed E-state index contributed by atoms with van der Waals surface area (Å²) in [5, 5.41) is 1.75. The minimum atomic E-state index is -0.0118. The number of nitrogens with two attached hydrogens (primary N) is 1. The average Bonchev–Trinajstić information content (AvgIpc) is 2.73. The Kier molecular flexibility index (Phi) is 6.06. The summed E-state index contributed by atoms with van der Waals surface area (Å²) in [6.07, 6.45) is 5.41. The van der Waals surface area contributed by atoms with Gasteiger partial charge in [-0.1, -0.05) is 6.07 Å². The van der Waals surface area contributed by atoms with Crippen molar-refractivity contribution in [2.75, 3.05) is 21.3 Å². The molecule has 0 bridgehead atoms. The monoisotopic (exact) mass is 380 g/mol. The van der Waals surface area contributed by atoms with Crippen LogP contribution in [0.1, 0.15) is 16.8 Å². The number of fused-ring (bicyclic) bond motifs is 1. The number of aromatic nitrogens is 2. The Morgan fingerprint density at radius 2 is 1.86 bits per heavy atom. The molecular weight excluding hydrogens is 356 g/mol. The number of hydrogen-bond acceptors (Lipinski definition) is 6. The molecule has 0 saturated carbocycles. The number of carbonyl (C=O) groups excluding carboxylic acids is 1. The number of rotatable bonds is 7. The van der Waals surface area contributed by atoms with Crippen molar-refractivity contribution in [3.05, 3.63) is 59.7 Å². The first-order valence-electron chi connectivity index (χ1n) is 8.92. The zero-order chi connectivity index (χ0) is 20.1. The molecular formula is C21H24N4O3. The maximum absolute atomic E-state index is 12.8. The molecule has 2 heterocycles. The fourth-order valence-corrected chi connectivity index (χ4v) is 3.13. The Balaban J connectivity index is 1.92. The van der Waals surface area contributed by atoms with Crippen LogP contribution in [0, 0.1) is 0 Å². The predicted molar refractivity (Wildman–Crippen MR) is 107 cm³/mol. The molecule has 0 spiro atoms. The Labute approximate surface area is 164 Å². The van der Waals surface area contributed by atoms with Crippen LogP contribution in [0.2, 0.25) is 0 Å². The zero-order valence-electron chi connectivity index (χ0n) is 16.3. The Morgan fingerprint density at radius 3 is 2.46 bits per heavy atom. The van der Waals surface area contributed by atoms with E-state index in [1.54, 1.807) is 44.8 Å². The summed E-state index contributed by atoms with van der Waals surface area (Å²) in [5.41, 5.74) is 8.39. The van der Waals surface area contributed by atoms with E-state index in [2.05, 4.69) is 9.97 Å². The molecule has 2 N–H and O–H groups in total. The van der Waals surface area contributed by atoms with E-state index in [0.717, 1.165) is 27.6 Å². The third kappa shape index (κ3) is 4.04. The molecule has 0 aliphatic heterocycles. The number of nitrogens with zero attached hydrogens (tertiary/aromatic N) is 3. The first-order chi connectivity index (χ1) is 13.6. The molecule has 146 valence electrons. The molecule has 2 aromatic heterocycles. The minimum Gasteiger partial charge on any atom is -0.493 e. The largest absolute Gasteiger partial charge is 0.493 e. The lowest BCUT2D eigenvalue weighted by atomic mass is 10.0. The molecule has 0 aliphatic carbocycles. The second-order valence-electron chi connectivity index (χ2n) is 6.47. The number of methoxy groups -OCH3 is 2. The van der Waals surface area contributed by atoms with Crippen LogP contribution in [0.15, 0.2) is 42.9 Å². The number of pyridine rings is 2. The van der Waals surface area contributed by atoms with Crippen molar-refractivity contribution in [2.24, 2.45) is 5.73 Å². The van der Waals surface area contributed by atoms with Crippen LogP contribution < -0.4 is 15.2 Å². The van der Waals surface area contributed by atoms with E-state index in [1.807, 2.05) is 24.3 Å². The van der Waals surface area contributed by atoms with Crippen LogP contribution in [0.3, 0.4) is 0 Å². The van der Waals surface area contributed by atoms with Gasteiger partial charge in [0.15, 0.2) is 11.5 Å². The highest BCUT2D eigenvalue weighted by atomic mass is 16.5. The molecule has 1 amide bonds. The molecule has 3 rings (SSSR count). The summed E-state index contributed by atoms with van der Waals surface area (Å²) < 4.78 is 10.8. The molecule has 0 radical (unpaired) electrons. The fraction of sp³-hybridized carbons (Fsp3) is 0.286. The molecule has 1 aromatic carbocycles. The highest BCUT2D eigenvalue weighted by Crippen LogP contribution is 2.34. The van der Waals surface area contributed by atoms with Crippen LogP contribution in [0.25, 0.3) is 10.8 Å². The van der Waals surface area contributed by atoms with Crippen LogP contribution >= 0.6 is 0 Å². The molecule has 0 atom stereocenters. The lowest BCUT2D eigenvalue weighted by Crippen LogP contribution is -2.28. The van der Waals surface area contributed by atoms with Crippen LogP contribution in [-0.4, -0.2) is 42.0 Å². The molecule has 0 saturated heterocycles. The maximum Gasteiger partial charge on any atom is 0.227 e. The number of ether oxygens (including phenoxy) is 2. The average molecular weight is 380 g/mol. The SMILES string of the molecule is COc1cc2c(CC(=O)N(C)Cc3cccnc3)cnc(CN)c2cc1OC. The van der Waals surface area contributed by atoms with Gasteiger partial charge in [-0.3, -0.25) is 14.8 Å². The zero-order valence-corrected chi connectivity index (χ0v) is 16.3. The first kappa shape index (κ1) is 19.6. The van der Waals surface area contributed by atoms with Crippen molar-refractivity contribution >= 4 is 16.7 Å². The molecule has 0 fully saturated rings. The van der Waals surface area contributed by atoms with E-state index in [1.165, 1.54) is 0 Å². The molecule has 7 nitrogen and oxygen atoms in total. The molecule has 0 unspecified atom stereocenters. The van der Waals surface area contributed by atoms with Gasteiger partial charge in [-0.2, -0.15) is 0 Å². The number of carbonyl (C=O) groups is 1. The normalized spacial score (nSPS) is 10.7. The van der Waals surface area contributed by atoms with Gasteiger partial charge in [0, 0.05) is 44.1 Å². The van der Waals surface area contributed by atoms with Crippen molar-refractivity contribution < 1.29 is 14.3 Å². The summed E-state index contributed by atoms with van der Waals surface area (Å²) in [6.45, 7) is 0.789. The third-order valence-corrected chi connectivity index (χ3v) is 4.66. The molecule has 0 aliphatic rings. The third-order valence-electron chi connectivity index (χ3n) is 4.66. The van der Waals surface area contributed by atoms with Gasteiger partial charge in [-0.15, -0.1) is 0 Å². The maximum atomic E-state index is 12.8. The van der Waals surface area contributed by atoms with E-state index in [0.29, 0.717) is 24.6 Å². The summed E-state index contributed by atoms with van der Waals surface area (Å²) in [4.78, 5) is 23.0. The number of amides is 1. The van der Waals surface area contributed by atoms with Crippen molar-refractivity contribution in [1.29, 1.82) is 0 Å². The quantitative estimate of drug-likeness (QED) is 0.676. The van der Waals surface area contributed by atoms with Crippen molar-refractivity contribution in [3.63, 3.8) is 0 Å². The Bertz CT molecular complexity index is 976. The van der Waals surface area contributed by atoms with E-state index in [-0.39, 0.29) is 12.3 Å². The van der Waals surface area contributed by atoms with Gasteiger partial charge in [0.25, 0.3) is 0 Å². The van der Waals surface area contributed by atoms with Crippen LogP contribution in [-0.2, 0) is 24.3 Å². The summed E-state index contributed by atoms with van der Waals surface area (Å²) in [6, 6.07) is 7.53. The predicted octanol–water partition coefficient (Wildman–Crippen LogP) is 2.31. The van der Waals surface area contributed by atoms with Gasteiger partial charge < -0.3 is 20.1 Å². The lowest BCUT2D eigenvalue weighted by molar-refractivity contribution is -0.129. The smallest absolute Gasteiger partial charge is 0.227 e. The standard InChI is InChI=1S/C21H24N4O3/c1-25(13-14-5-4-6-23-11-14)21(26)7-15-12-24-18(10-22)17-9-20(28-3)19(27-2)8-16(15)17/h4-6,8-9,11-12H,7,10,13,22H2,1-3H3. The van der Waals surface area contributed by atoms with Gasteiger partial charge in [-0.25, -0.2) is 0 Å². The van der Waals surface area contributed by atoms with E-state index >= 15 is 0 Å². The second-order valence-corrected chi connectivity index (χ2v) is 6.47. The minimum absolute atomic E-state index is 0.0118. The molecule has 3 aromatic rings. The van der Waals surface area contributed by atoms with Gasteiger partial charge in [0.1, 0.15) is 0 Å². The van der Waals surface area contributed by atoms with E-state index in [9.17, 15) is 4.79 Å². The fourth-order valence-electron chi connectivity index (χ4n) is 3.13. The number of hydrogen-bond donors (Lipinski definition) is 1. The van der Waals surface area contributed by atoms with E-state index < -0.39 is 0 Å². The lowest BCUT2D eigenvalue weighted by Gasteiger charge is -2.18. The second kappa shape index (κ2) is 8.67. The van der Waals surface area contributed by atoms with Gasteiger partial charge in [0.2, 0.25) is 5.91 Å². The van der Waals surface area contributed by atoms with Crippen molar-refractivity contribution in [1.82, 2.24) is 14.9 Å². The summed E-state index contributed by atoms with van der Waals surface area (Å²) in [7, 11) is 4.95. The molecule has 28 heavy (non-hydrogen) atoms. The summed E-state index contributed by atoms with van der Waals surface area (Å²) in [5.74, 6) is 1.19. The van der Waals surface area contributed by atoms with Crippen molar-refractivity contribution in [2.45, 2.75) is 19.5 Å². The van der Waals surface area contributed by atoms with Gasteiger partial charge >= 0.3 is 0 Å². The first-order valence-corrected chi connectivity index (χ1v) is 8.92. The topological polar surface area (TPSA) is 90.6 Å². The van der Waals surface area contributed by atoms with Crippen LogP contribution in [0.5, 0.6) is 11.5 Å². The number of benzene rings is 1. The van der Waals surface area contributed by atoms with Gasteiger partial charge in [-0.05, 0) is 34.7 Å². The summed E-state index contributed by atoms with van der Waals surface area (Å²) >= 11 is 0. The number of likely N-dealkylation sites (N-methyl/N-ethyl adjacent to an activating group) is 1. The van der Waals surface area contributed by atoms with Crippen LogP contribution in [0.4, 0.5) is 0 Å².